The highest BCUT2D eigenvalue weighted by molar-refractivity contribution is 6.70. The molecule has 0 N–H and O–H groups in total. The predicted octanol–water partition coefficient (Wildman–Crippen LogP) is 4.47. The maximum atomic E-state index is 6.27. The molecule has 1 saturated carbocycles. The van der Waals surface area contributed by atoms with Crippen molar-refractivity contribution in [1.29, 1.82) is 0 Å². The number of fused-ring (bicyclic) bond motifs is 1. The Labute approximate surface area is 95.0 Å². The summed E-state index contributed by atoms with van der Waals surface area (Å²) < 4.78 is 6.27. The third-order valence-corrected chi connectivity index (χ3v) is 4.34. The maximum Gasteiger partial charge on any atom is 0.241 e. The smallest absolute Gasteiger partial charge is 0.241 e. The van der Waals surface area contributed by atoms with Gasteiger partial charge in [-0.15, -0.1) is 0 Å². The van der Waals surface area contributed by atoms with E-state index in [9.17, 15) is 0 Å². The van der Waals surface area contributed by atoms with Crippen LogP contribution < -0.4 is 0 Å². The summed E-state index contributed by atoms with van der Waals surface area (Å²) in [6, 6.07) is 0. The van der Waals surface area contributed by atoms with E-state index in [0.717, 1.165) is 5.92 Å². The van der Waals surface area contributed by atoms with Gasteiger partial charge in [0.2, 0.25) is 8.32 Å². The summed E-state index contributed by atoms with van der Waals surface area (Å²) in [5, 5.41) is 0. The summed E-state index contributed by atoms with van der Waals surface area (Å²) in [5.74, 6) is 2.30. The fourth-order valence-electron chi connectivity index (χ4n) is 2.93. The van der Waals surface area contributed by atoms with E-state index in [0.29, 0.717) is 0 Å². The highest BCUT2D eigenvalue weighted by Gasteiger charge is 2.28. The van der Waals surface area contributed by atoms with Crippen LogP contribution in [-0.4, -0.2) is 8.32 Å². The molecule has 0 aromatic carbocycles. The topological polar surface area (TPSA) is 9.23 Å². The summed E-state index contributed by atoms with van der Waals surface area (Å²) in [6.07, 6.45) is 9.58. The molecule has 0 heterocycles. The average Bonchev–Trinajstić information content (AvgIpc) is 2.16. The van der Waals surface area contributed by atoms with Crippen molar-refractivity contribution in [3.05, 3.63) is 11.3 Å². The SMILES string of the molecule is C[Si](C)(C)OC1=C2CCCC[C@H]2CCC1. The maximum absolute atomic E-state index is 6.27. The normalized spacial score (nSPS) is 27.5. The van der Waals surface area contributed by atoms with Crippen LogP contribution in [0.3, 0.4) is 0 Å². The van der Waals surface area contributed by atoms with Crippen molar-refractivity contribution >= 4 is 8.32 Å². The molecule has 0 aromatic heterocycles. The number of hydrogen-bond donors (Lipinski definition) is 0. The van der Waals surface area contributed by atoms with Crippen molar-refractivity contribution in [3.63, 3.8) is 0 Å². The van der Waals surface area contributed by atoms with E-state index in [-0.39, 0.29) is 0 Å². The molecule has 1 atom stereocenters. The molecule has 0 aliphatic heterocycles. The zero-order chi connectivity index (χ0) is 10.9. The second-order valence-corrected chi connectivity index (χ2v) is 10.4. The zero-order valence-corrected chi connectivity index (χ0v) is 11.4. The molecule has 0 bridgehead atoms. The first-order valence-electron chi connectivity index (χ1n) is 6.47. The van der Waals surface area contributed by atoms with Gasteiger partial charge in [-0.05, 0) is 63.2 Å². The van der Waals surface area contributed by atoms with Gasteiger partial charge in [0.15, 0.2) is 0 Å². The van der Waals surface area contributed by atoms with Gasteiger partial charge >= 0.3 is 0 Å². The third-order valence-electron chi connectivity index (χ3n) is 3.49. The van der Waals surface area contributed by atoms with Crippen molar-refractivity contribution in [1.82, 2.24) is 0 Å². The van der Waals surface area contributed by atoms with E-state index in [1.54, 1.807) is 5.57 Å². The summed E-state index contributed by atoms with van der Waals surface area (Å²) >= 11 is 0. The monoisotopic (exact) mass is 224 g/mol. The molecule has 1 fully saturated rings. The van der Waals surface area contributed by atoms with Crippen LogP contribution in [0.1, 0.15) is 44.9 Å². The fourth-order valence-corrected chi connectivity index (χ4v) is 3.90. The number of rotatable bonds is 2. The molecule has 0 amide bonds. The van der Waals surface area contributed by atoms with Gasteiger partial charge in [0.05, 0.1) is 5.76 Å². The van der Waals surface area contributed by atoms with Crippen LogP contribution >= 0.6 is 0 Å². The van der Waals surface area contributed by atoms with Crippen molar-refractivity contribution in [2.75, 3.05) is 0 Å². The molecule has 1 nitrogen and oxygen atoms in total. The second kappa shape index (κ2) is 4.32. The standard InChI is InChI=1S/C13H24OSi/c1-15(2,3)14-13-10-6-8-11-7-4-5-9-12(11)13/h11H,4-10H2,1-3H3/t11-/m0/s1. The van der Waals surface area contributed by atoms with Crippen LogP contribution in [0.25, 0.3) is 0 Å². The Hall–Kier alpha value is -0.243. The predicted molar refractivity (Wildman–Crippen MR) is 67.3 cm³/mol. The molecule has 2 aliphatic carbocycles. The number of allylic oxidation sites excluding steroid dienone is 2. The van der Waals surface area contributed by atoms with Crippen molar-refractivity contribution in [2.24, 2.45) is 5.92 Å². The molecule has 0 unspecified atom stereocenters. The Balaban J connectivity index is 2.15. The molecule has 15 heavy (non-hydrogen) atoms. The summed E-state index contributed by atoms with van der Waals surface area (Å²) in [4.78, 5) is 0. The lowest BCUT2D eigenvalue weighted by Crippen LogP contribution is -2.28. The van der Waals surface area contributed by atoms with Crippen LogP contribution in [-0.2, 0) is 4.43 Å². The Kier molecular flexibility index (Phi) is 3.24. The van der Waals surface area contributed by atoms with Gasteiger partial charge in [0.1, 0.15) is 0 Å². The molecular formula is C13H24OSi. The van der Waals surface area contributed by atoms with Crippen LogP contribution in [0.2, 0.25) is 19.6 Å². The Morgan fingerprint density at radius 1 is 1.00 bits per heavy atom. The first kappa shape index (κ1) is 11.2. The van der Waals surface area contributed by atoms with Crippen LogP contribution in [0.15, 0.2) is 11.3 Å². The Morgan fingerprint density at radius 3 is 2.47 bits per heavy atom. The molecule has 0 saturated heterocycles. The Morgan fingerprint density at radius 2 is 1.73 bits per heavy atom. The van der Waals surface area contributed by atoms with E-state index < -0.39 is 8.32 Å². The Bertz CT molecular complexity index is 262. The van der Waals surface area contributed by atoms with Crippen LogP contribution in [0.5, 0.6) is 0 Å². The highest BCUT2D eigenvalue weighted by Crippen LogP contribution is 2.40. The fraction of sp³-hybridized carbons (Fsp3) is 0.846. The van der Waals surface area contributed by atoms with Gasteiger partial charge in [-0.2, -0.15) is 0 Å². The number of hydrogen-bond acceptors (Lipinski definition) is 1. The minimum absolute atomic E-state index is 0.888. The highest BCUT2D eigenvalue weighted by atomic mass is 28.4. The minimum Gasteiger partial charge on any atom is -0.547 e. The third kappa shape index (κ3) is 2.87. The van der Waals surface area contributed by atoms with Crippen LogP contribution in [0.4, 0.5) is 0 Å². The second-order valence-electron chi connectivity index (χ2n) is 6.00. The molecule has 2 rings (SSSR count). The van der Waals surface area contributed by atoms with E-state index in [4.69, 9.17) is 4.43 Å². The van der Waals surface area contributed by atoms with Gasteiger partial charge < -0.3 is 4.43 Å². The van der Waals surface area contributed by atoms with Gasteiger partial charge in [0.25, 0.3) is 0 Å². The van der Waals surface area contributed by atoms with E-state index in [2.05, 4.69) is 19.6 Å². The lowest BCUT2D eigenvalue weighted by atomic mass is 9.77. The average molecular weight is 224 g/mol. The first-order valence-corrected chi connectivity index (χ1v) is 9.88. The van der Waals surface area contributed by atoms with Gasteiger partial charge in [-0.1, -0.05) is 6.42 Å². The molecular weight excluding hydrogens is 200 g/mol. The summed E-state index contributed by atoms with van der Waals surface area (Å²) in [5.41, 5.74) is 1.70. The summed E-state index contributed by atoms with van der Waals surface area (Å²) in [6.45, 7) is 6.90. The zero-order valence-electron chi connectivity index (χ0n) is 10.4. The molecule has 2 aliphatic rings. The molecule has 0 aromatic rings. The molecule has 2 heteroatoms. The van der Waals surface area contributed by atoms with Crippen molar-refractivity contribution < 1.29 is 4.43 Å². The van der Waals surface area contributed by atoms with Gasteiger partial charge in [-0.25, -0.2) is 0 Å². The van der Waals surface area contributed by atoms with E-state index >= 15 is 0 Å². The molecule has 0 radical (unpaired) electrons. The van der Waals surface area contributed by atoms with Gasteiger partial charge in [0, 0.05) is 6.42 Å². The lowest BCUT2D eigenvalue weighted by Gasteiger charge is -2.35. The first-order chi connectivity index (χ1) is 7.06. The molecule has 86 valence electrons. The lowest BCUT2D eigenvalue weighted by molar-refractivity contribution is 0.309. The van der Waals surface area contributed by atoms with Crippen molar-refractivity contribution in [2.45, 2.75) is 64.6 Å². The van der Waals surface area contributed by atoms with E-state index in [1.807, 2.05) is 0 Å². The molecule has 0 spiro atoms. The summed E-state index contributed by atoms with van der Waals surface area (Å²) in [7, 11) is -1.38. The largest absolute Gasteiger partial charge is 0.547 e. The van der Waals surface area contributed by atoms with Crippen molar-refractivity contribution in [3.8, 4) is 0 Å². The van der Waals surface area contributed by atoms with E-state index in [1.165, 1.54) is 50.7 Å². The van der Waals surface area contributed by atoms with Gasteiger partial charge in [-0.3, -0.25) is 0 Å². The van der Waals surface area contributed by atoms with Crippen LogP contribution in [0, 0.1) is 5.92 Å². The quantitative estimate of drug-likeness (QED) is 0.629. The minimum atomic E-state index is -1.38.